The molecule has 1 aliphatic rings. The Morgan fingerprint density at radius 2 is 2.00 bits per heavy atom. The van der Waals surface area contributed by atoms with Crippen LogP contribution in [0.25, 0.3) is 0 Å². The molecule has 3 heteroatoms. The van der Waals surface area contributed by atoms with E-state index in [1.165, 1.54) is 0 Å². The van der Waals surface area contributed by atoms with E-state index in [2.05, 4.69) is 25.7 Å². The van der Waals surface area contributed by atoms with E-state index < -0.39 is 0 Å². The number of rotatable bonds is 2. The average molecular weight is 198 g/mol. The van der Waals surface area contributed by atoms with Gasteiger partial charge in [0.25, 0.3) is 0 Å². The molecule has 1 saturated heterocycles. The molecule has 0 aromatic rings. The molecule has 1 fully saturated rings. The lowest BCUT2D eigenvalue weighted by Gasteiger charge is -2.28. The molecule has 3 nitrogen and oxygen atoms in total. The molecule has 0 spiro atoms. The van der Waals surface area contributed by atoms with E-state index in [1.54, 1.807) is 4.90 Å². The molecular weight excluding hydrogens is 176 g/mol. The zero-order valence-electron chi connectivity index (χ0n) is 9.95. The molecule has 1 heterocycles. The van der Waals surface area contributed by atoms with Gasteiger partial charge in [0, 0.05) is 26.2 Å². The highest BCUT2D eigenvalue weighted by Crippen LogP contribution is 2.26. The van der Waals surface area contributed by atoms with Crippen LogP contribution in [-0.2, 0) is 4.79 Å². The smallest absolute Gasteiger partial charge is 0.226 e. The lowest BCUT2D eigenvalue weighted by molar-refractivity contribution is -0.133. The molecule has 14 heavy (non-hydrogen) atoms. The van der Waals surface area contributed by atoms with Crippen molar-refractivity contribution in [3.05, 3.63) is 0 Å². The predicted octanol–water partition coefficient (Wildman–Crippen LogP) is 1.19. The Bertz CT molecular complexity index is 213. The van der Waals surface area contributed by atoms with E-state index in [1.807, 2.05) is 14.1 Å². The van der Waals surface area contributed by atoms with Gasteiger partial charge in [0.05, 0.1) is 5.92 Å². The average Bonchev–Trinajstić information content (AvgIpc) is 2.45. The van der Waals surface area contributed by atoms with Gasteiger partial charge in [-0.3, -0.25) is 9.69 Å². The molecule has 1 aliphatic heterocycles. The number of nitrogens with zero attached hydrogens (tertiary/aromatic N) is 2. The predicted molar refractivity (Wildman–Crippen MR) is 58.1 cm³/mol. The van der Waals surface area contributed by atoms with Crippen molar-refractivity contribution in [3.8, 4) is 0 Å². The summed E-state index contributed by atoms with van der Waals surface area (Å²) in [6.45, 7) is 7.61. The van der Waals surface area contributed by atoms with Gasteiger partial charge in [-0.25, -0.2) is 0 Å². The van der Waals surface area contributed by atoms with Gasteiger partial charge in [-0.1, -0.05) is 0 Å². The zero-order valence-corrected chi connectivity index (χ0v) is 9.95. The van der Waals surface area contributed by atoms with Crippen molar-refractivity contribution in [2.75, 3.05) is 20.6 Å². The summed E-state index contributed by atoms with van der Waals surface area (Å²) in [7, 11) is 3.68. The molecule has 0 bridgehead atoms. The first-order valence-electron chi connectivity index (χ1n) is 5.42. The molecule has 0 aliphatic carbocycles. The van der Waals surface area contributed by atoms with Crippen molar-refractivity contribution in [3.63, 3.8) is 0 Å². The van der Waals surface area contributed by atoms with Crippen LogP contribution >= 0.6 is 0 Å². The van der Waals surface area contributed by atoms with Crippen LogP contribution in [-0.4, -0.2) is 48.4 Å². The van der Waals surface area contributed by atoms with Crippen molar-refractivity contribution in [2.45, 2.75) is 39.3 Å². The highest BCUT2D eigenvalue weighted by atomic mass is 16.2. The third-order valence-electron chi connectivity index (χ3n) is 3.22. The maximum Gasteiger partial charge on any atom is 0.226 e. The number of amides is 1. The summed E-state index contributed by atoms with van der Waals surface area (Å²) >= 11 is 0. The highest BCUT2D eigenvalue weighted by Gasteiger charge is 2.37. The molecule has 1 amide bonds. The van der Waals surface area contributed by atoms with Crippen LogP contribution in [0.2, 0.25) is 0 Å². The minimum atomic E-state index is 0.201. The fraction of sp³-hybridized carbons (Fsp3) is 0.909. The van der Waals surface area contributed by atoms with Crippen LogP contribution < -0.4 is 0 Å². The lowest BCUT2D eigenvalue weighted by atomic mass is 10.0. The molecule has 2 atom stereocenters. The molecule has 0 aromatic heterocycles. The molecule has 0 N–H and O–H groups in total. The first-order valence-corrected chi connectivity index (χ1v) is 5.42. The summed E-state index contributed by atoms with van der Waals surface area (Å²) in [5.74, 6) is 0.480. The Kier molecular flexibility index (Phi) is 3.53. The second kappa shape index (κ2) is 4.30. The molecule has 0 saturated carbocycles. The van der Waals surface area contributed by atoms with Crippen LogP contribution in [0.3, 0.4) is 0 Å². The number of carbonyl (C=O) groups excluding carboxylic acids is 1. The molecule has 2 unspecified atom stereocenters. The number of likely N-dealkylation sites (tertiary alicyclic amines) is 1. The van der Waals surface area contributed by atoms with Gasteiger partial charge < -0.3 is 4.90 Å². The van der Waals surface area contributed by atoms with Crippen molar-refractivity contribution >= 4 is 5.91 Å². The summed E-state index contributed by atoms with van der Waals surface area (Å²) < 4.78 is 0. The fourth-order valence-corrected chi connectivity index (χ4v) is 2.35. The van der Waals surface area contributed by atoms with Crippen LogP contribution in [0.1, 0.15) is 27.2 Å². The Morgan fingerprint density at radius 3 is 2.36 bits per heavy atom. The van der Waals surface area contributed by atoms with Gasteiger partial charge in [0.1, 0.15) is 0 Å². The summed E-state index contributed by atoms with van der Waals surface area (Å²) in [6, 6.07) is 0.940. The monoisotopic (exact) mass is 198 g/mol. The van der Waals surface area contributed by atoms with E-state index in [0.717, 1.165) is 13.0 Å². The van der Waals surface area contributed by atoms with Gasteiger partial charge in [0.15, 0.2) is 0 Å². The SMILES string of the molecule is CC(C)N1CCC(C(=O)N(C)C)C1C. The van der Waals surface area contributed by atoms with Gasteiger partial charge in [0.2, 0.25) is 5.91 Å². The molecule has 0 aromatic carbocycles. The van der Waals surface area contributed by atoms with E-state index >= 15 is 0 Å². The summed E-state index contributed by atoms with van der Waals surface area (Å²) in [5.41, 5.74) is 0. The topological polar surface area (TPSA) is 23.6 Å². The molecular formula is C11H22N2O. The van der Waals surface area contributed by atoms with Crippen molar-refractivity contribution in [1.82, 2.24) is 9.80 Å². The Hall–Kier alpha value is -0.570. The first kappa shape index (κ1) is 11.5. The van der Waals surface area contributed by atoms with E-state index in [-0.39, 0.29) is 11.8 Å². The molecule has 1 rings (SSSR count). The highest BCUT2D eigenvalue weighted by molar-refractivity contribution is 5.79. The Morgan fingerprint density at radius 1 is 1.43 bits per heavy atom. The van der Waals surface area contributed by atoms with E-state index in [9.17, 15) is 4.79 Å². The van der Waals surface area contributed by atoms with Gasteiger partial charge in [-0.2, -0.15) is 0 Å². The minimum Gasteiger partial charge on any atom is -0.349 e. The minimum absolute atomic E-state index is 0.201. The molecule has 82 valence electrons. The Labute approximate surface area is 87.1 Å². The van der Waals surface area contributed by atoms with Gasteiger partial charge >= 0.3 is 0 Å². The number of hydrogen-bond donors (Lipinski definition) is 0. The first-order chi connectivity index (χ1) is 6.45. The lowest BCUT2D eigenvalue weighted by Crippen LogP contribution is -2.40. The van der Waals surface area contributed by atoms with E-state index in [0.29, 0.717) is 12.1 Å². The molecule has 0 radical (unpaired) electrons. The number of hydrogen-bond acceptors (Lipinski definition) is 2. The summed E-state index contributed by atoms with van der Waals surface area (Å²) in [4.78, 5) is 15.9. The van der Waals surface area contributed by atoms with Crippen LogP contribution in [0.15, 0.2) is 0 Å². The van der Waals surface area contributed by atoms with Crippen molar-refractivity contribution in [2.24, 2.45) is 5.92 Å². The maximum absolute atomic E-state index is 11.8. The second-order valence-corrected chi connectivity index (χ2v) is 4.70. The summed E-state index contributed by atoms with van der Waals surface area (Å²) in [6.07, 6.45) is 1.01. The van der Waals surface area contributed by atoms with E-state index in [4.69, 9.17) is 0 Å². The Balaban J connectivity index is 2.64. The maximum atomic E-state index is 11.8. The quantitative estimate of drug-likeness (QED) is 0.665. The third-order valence-corrected chi connectivity index (χ3v) is 3.22. The fourth-order valence-electron chi connectivity index (χ4n) is 2.35. The standard InChI is InChI=1S/C11H22N2O/c1-8(2)13-7-6-10(9(13)3)11(14)12(4)5/h8-10H,6-7H2,1-5H3. The van der Waals surface area contributed by atoms with Crippen LogP contribution in [0.5, 0.6) is 0 Å². The van der Waals surface area contributed by atoms with Crippen LogP contribution in [0.4, 0.5) is 0 Å². The van der Waals surface area contributed by atoms with Gasteiger partial charge in [-0.05, 0) is 33.7 Å². The van der Waals surface area contributed by atoms with Gasteiger partial charge in [-0.15, -0.1) is 0 Å². The zero-order chi connectivity index (χ0) is 10.9. The van der Waals surface area contributed by atoms with Crippen molar-refractivity contribution in [1.29, 1.82) is 0 Å². The van der Waals surface area contributed by atoms with Crippen LogP contribution in [0, 0.1) is 5.92 Å². The normalized spacial score (nSPS) is 28.4. The second-order valence-electron chi connectivity index (χ2n) is 4.70. The van der Waals surface area contributed by atoms with Crippen molar-refractivity contribution < 1.29 is 4.79 Å². The largest absolute Gasteiger partial charge is 0.349 e. The summed E-state index contributed by atoms with van der Waals surface area (Å²) in [5, 5.41) is 0. The number of carbonyl (C=O) groups is 1. The third kappa shape index (κ3) is 2.08.